The first-order valence-corrected chi connectivity index (χ1v) is 5.70. The van der Waals surface area contributed by atoms with Crippen LogP contribution in [0.15, 0.2) is 18.2 Å². The molecule has 1 aliphatic rings. The van der Waals surface area contributed by atoms with Gasteiger partial charge in [-0.3, -0.25) is 0 Å². The lowest BCUT2D eigenvalue weighted by Crippen LogP contribution is -2.37. The lowest BCUT2D eigenvalue weighted by Gasteiger charge is -2.31. The number of hydrogen-bond acceptors (Lipinski definition) is 2. The minimum atomic E-state index is -1.17. The first-order chi connectivity index (χ1) is 7.65. The lowest BCUT2D eigenvalue weighted by molar-refractivity contribution is 0.114. The van der Waals surface area contributed by atoms with E-state index in [2.05, 4.69) is 5.32 Å². The third-order valence-electron chi connectivity index (χ3n) is 3.31. The highest BCUT2D eigenvalue weighted by Crippen LogP contribution is 2.37. The summed E-state index contributed by atoms with van der Waals surface area (Å²) in [6.07, 6.45) is 1.11. The van der Waals surface area contributed by atoms with Gasteiger partial charge in [-0.1, -0.05) is 6.07 Å². The van der Waals surface area contributed by atoms with Crippen LogP contribution in [0.4, 0.5) is 4.39 Å². The summed E-state index contributed by atoms with van der Waals surface area (Å²) >= 11 is 0. The molecule has 1 aliphatic heterocycles. The van der Waals surface area contributed by atoms with Gasteiger partial charge in [-0.15, -0.1) is 0 Å². The SMILES string of the molecule is COc1ccc(C2(F)CCNCC2)c(C)c1. The highest BCUT2D eigenvalue weighted by Gasteiger charge is 2.34. The molecule has 1 saturated heterocycles. The first-order valence-electron chi connectivity index (χ1n) is 5.70. The second-order valence-corrected chi connectivity index (χ2v) is 4.40. The van der Waals surface area contributed by atoms with Gasteiger partial charge in [0, 0.05) is 0 Å². The van der Waals surface area contributed by atoms with Crippen molar-refractivity contribution in [3.8, 4) is 5.75 Å². The number of rotatable bonds is 2. The average molecular weight is 223 g/mol. The average Bonchev–Trinajstić information content (AvgIpc) is 2.29. The standard InChI is InChI=1S/C13H18FNO/c1-10-9-11(16-2)3-4-12(10)13(14)5-7-15-8-6-13/h3-4,9,15H,5-8H2,1-2H3. The topological polar surface area (TPSA) is 21.3 Å². The van der Waals surface area contributed by atoms with E-state index in [9.17, 15) is 4.39 Å². The molecule has 88 valence electrons. The van der Waals surface area contributed by atoms with Gasteiger partial charge in [-0.2, -0.15) is 0 Å². The molecule has 2 nitrogen and oxygen atoms in total. The molecule has 0 spiro atoms. The fourth-order valence-corrected chi connectivity index (χ4v) is 2.36. The lowest BCUT2D eigenvalue weighted by atomic mass is 9.84. The Balaban J connectivity index is 2.32. The van der Waals surface area contributed by atoms with Crippen molar-refractivity contribution in [2.75, 3.05) is 20.2 Å². The summed E-state index contributed by atoms with van der Waals surface area (Å²) < 4.78 is 19.9. The van der Waals surface area contributed by atoms with Gasteiger partial charge in [0.2, 0.25) is 0 Å². The Hall–Kier alpha value is -1.09. The Kier molecular flexibility index (Phi) is 3.15. The summed E-state index contributed by atoms with van der Waals surface area (Å²) in [6, 6.07) is 5.60. The molecular weight excluding hydrogens is 205 g/mol. The molecule has 0 aliphatic carbocycles. The molecule has 0 radical (unpaired) electrons. The van der Waals surface area contributed by atoms with E-state index in [0.29, 0.717) is 12.8 Å². The number of benzene rings is 1. The first kappa shape index (κ1) is 11.4. The Labute approximate surface area is 95.8 Å². The summed E-state index contributed by atoms with van der Waals surface area (Å²) in [5.74, 6) is 0.791. The molecule has 0 saturated carbocycles. The van der Waals surface area contributed by atoms with Gasteiger partial charge in [0.15, 0.2) is 0 Å². The highest BCUT2D eigenvalue weighted by molar-refractivity contribution is 5.38. The van der Waals surface area contributed by atoms with E-state index in [4.69, 9.17) is 4.74 Å². The molecule has 0 amide bonds. The molecular formula is C13H18FNO. The van der Waals surface area contributed by atoms with Crippen LogP contribution in [0.2, 0.25) is 0 Å². The van der Waals surface area contributed by atoms with Gasteiger partial charge in [0.1, 0.15) is 11.4 Å². The van der Waals surface area contributed by atoms with Crippen molar-refractivity contribution in [1.82, 2.24) is 5.32 Å². The number of ether oxygens (including phenoxy) is 1. The summed E-state index contributed by atoms with van der Waals surface area (Å²) in [6.45, 7) is 3.45. The zero-order valence-corrected chi connectivity index (χ0v) is 9.85. The van der Waals surface area contributed by atoms with Crippen molar-refractivity contribution in [2.24, 2.45) is 0 Å². The van der Waals surface area contributed by atoms with Crippen LogP contribution in [0.3, 0.4) is 0 Å². The largest absolute Gasteiger partial charge is 0.497 e. The number of aryl methyl sites for hydroxylation is 1. The van der Waals surface area contributed by atoms with Crippen molar-refractivity contribution in [1.29, 1.82) is 0 Å². The fraction of sp³-hybridized carbons (Fsp3) is 0.538. The van der Waals surface area contributed by atoms with E-state index in [1.807, 2.05) is 25.1 Å². The van der Waals surface area contributed by atoms with E-state index < -0.39 is 5.67 Å². The zero-order valence-electron chi connectivity index (χ0n) is 9.85. The Morgan fingerprint density at radius 2 is 2.00 bits per heavy atom. The maximum atomic E-state index is 14.7. The highest BCUT2D eigenvalue weighted by atomic mass is 19.1. The van der Waals surface area contributed by atoms with Crippen LogP contribution in [0, 0.1) is 6.92 Å². The van der Waals surface area contributed by atoms with Crippen molar-refractivity contribution in [2.45, 2.75) is 25.4 Å². The van der Waals surface area contributed by atoms with E-state index in [-0.39, 0.29) is 0 Å². The third-order valence-corrected chi connectivity index (χ3v) is 3.31. The smallest absolute Gasteiger partial charge is 0.138 e. The normalized spacial score (nSPS) is 19.4. The summed E-state index contributed by atoms with van der Waals surface area (Å²) in [5, 5.41) is 3.19. The van der Waals surface area contributed by atoms with Crippen LogP contribution < -0.4 is 10.1 Å². The van der Waals surface area contributed by atoms with Crippen molar-refractivity contribution < 1.29 is 9.13 Å². The van der Waals surface area contributed by atoms with Crippen molar-refractivity contribution >= 4 is 0 Å². The van der Waals surface area contributed by atoms with E-state index in [1.54, 1.807) is 7.11 Å². The number of halogens is 1. The van der Waals surface area contributed by atoms with E-state index in [1.165, 1.54) is 0 Å². The Morgan fingerprint density at radius 3 is 2.56 bits per heavy atom. The van der Waals surface area contributed by atoms with Gasteiger partial charge in [0.05, 0.1) is 7.11 Å². The van der Waals surface area contributed by atoms with Crippen molar-refractivity contribution in [3.63, 3.8) is 0 Å². The van der Waals surface area contributed by atoms with Gasteiger partial charge in [0.25, 0.3) is 0 Å². The van der Waals surface area contributed by atoms with E-state index >= 15 is 0 Å². The third kappa shape index (κ3) is 2.05. The molecule has 1 aromatic rings. The van der Waals surface area contributed by atoms with Crippen LogP contribution in [0.1, 0.15) is 24.0 Å². The summed E-state index contributed by atoms with van der Waals surface area (Å²) in [7, 11) is 1.63. The van der Waals surface area contributed by atoms with Crippen LogP contribution in [0.25, 0.3) is 0 Å². The fourth-order valence-electron chi connectivity index (χ4n) is 2.36. The Bertz CT molecular complexity index is 372. The minimum absolute atomic E-state index is 0.556. The predicted molar refractivity (Wildman–Crippen MR) is 62.6 cm³/mol. The number of methoxy groups -OCH3 is 1. The Morgan fingerprint density at radius 1 is 1.31 bits per heavy atom. The number of piperidine rings is 1. The van der Waals surface area contributed by atoms with Crippen molar-refractivity contribution in [3.05, 3.63) is 29.3 Å². The zero-order chi connectivity index (χ0) is 11.6. The van der Waals surface area contributed by atoms with E-state index in [0.717, 1.165) is 30.0 Å². The molecule has 1 N–H and O–H groups in total. The molecule has 1 fully saturated rings. The maximum Gasteiger partial charge on any atom is 0.138 e. The maximum absolute atomic E-state index is 14.7. The number of alkyl halides is 1. The molecule has 0 unspecified atom stereocenters. The molecule has 1 aromatic carbocycles. The minimum Gasteiger partial charge on any atom is -0.497 e. The molecule has 0 bridgehead atoms. The molecule has 16 heavy (non-hydrogen) atoms. The van der Waals surface area contributed by atoms with Gasteiger partial charge >= 0.3 is 0 Å². The molecule has 1 heterocycles. The van der Waals surface area contributed by atoms with Gasteiger partial charge < -0.3 is 10.1 Å². The molecule has 0 aromatic heterocycles. The van der Waals surface area contributed by atoms with Crippen LogP contribution >= 0.6 is 0 Å². The number of hydrogen-bond donors (Lipinski definition) is 1. The predicted octanol–water partition coefficient (Wildman–Crippen LogP) is 2.55. The van der Waals surface area contributed by atoms with Crippen LogP contribution in [0.5, 0.6) is 5.75 Å². The molecule has 3 heteroatoms. The molecule has 0 atom stereocenters. The van der Waals surface area contributed by atoms with Crippen LogP contribution in [-0.4, -0.2) is 20.2 Å². The second kappa shape index (κ2) is 4.42. The van der Waals surface area contributed by atoms with Gasteiger partial charge in [-0.25, -0.2) is 4.39 Å². The van der Waals surface area contributed by atoms with Crippen LogP contribution in [-0.2, 0) is 5.67 Å². The molecule has 2 rings (SSSR count). The summed E-state index contributed by atoms with van der Waals surface area (Å²) in [4.78, 5) is 0. The van der Waals surface area contributed by atoms with Gasteiger partial charge in [-0.05, 0) is 56.1 Å². The monoisotopic (exact) mass is 223 g/mol. The second-order valence-electron chi connectivity index (χ2n) is 4.40. The number of nitrogens with one attached hydrogen (secondary N) is 1. The summed E-state index contributed by atoms with van der Waals surface area (Å²) in [5.41, 5.74) is 0.625. The quantitative estimate of drug-likeness (QED) is 0.832.